The molecule has 0 saturated heterocycles. The van der Waals surface area contributed by atoms with Crippen molar-refractivity contribution in [2.75, 3.05) is 19.5 Å². The van der Waals surface area contributed by atoms with Gasteiger partial charge in [0.05, 0.1) is 18.5 Å². The molecular weight excluding hydrogens is 196 g/mol. The number of aliphatic hydroxyl groups is 1. The molecule has 13 heavy (non-hydrogen) atoms. The van der Waals surface area contributed by atoms with Gasteiger partial charge >= 0.3 is 0 Å². The summed E-state index contributed by atoms with van der Waals surface area (Å²) in [5, 5.41) is 9.14. The van der Waals surface area contributed by atoms with Gasteiger partial charge in [-0.3, -0.25) is 4.55 Å². The predicted octanol–water partition coefficient (Wildman–Crippen LogP) is 0.0518. The average Bonchev–Trinajstić information content (AvgIpc) is 1.97. The molecule has 0 bridgehead atoms. The molecule has 0 aliphatic rings. The van der Waals surface area contributed by atoms with Crippen LogP contribution in [-0.2, 0) is 14.9 Å². The first kappa shape index (κ1) is 12.8. The fourth-order valence-corrected chi connectivity index (χ4v) is 1.51. The van der Waals surface area contributed by atoms with E-state index < -0.39 is 16.2 Å². The Morgan fingerprint density at radius 2 is 2.00 bits per heavy atom. The van der Waals surface area contributed by atoms with Crippen LogP contribution in [-0.4, -0.2) is 43.7 Å². The largest absolute Gasteiger partial charge is 0.391 e. The van der Waals surface area contributed by atoms with E-state index in [1.165, 1.54) is 7.11 Å². The second-order valence-corrected chi connectivity index (χ2v) is 4.46. The quantitative estimate of drug-likeness (QED) is 0.460. The zero-order chi connectivity index (χ0) is 10.3. The highest BCUT2D eigenvalue weighted by Crippen LogP contribution is 2.02. The minimum atomic E-state index is -3.85. The zero-order valence-corrected chi connectivity index (χ0v) is 8.46. The van der Waals surface area contributed by atoms with Crippen LogP contribution in [0.4, 0.5) is 0 Å². The molecule has 2 N–H and O–H groups in total. The van der Waals surface area contributed by atoms with E-state index in [1.807, 2.05) is 0 Å². The molecule has 0 spiro atoms. The van der Waals surface area contributed by atoms with Gasteiger partial charge in [0.1, 0.15) is 0 Å². The van der Waals surface area contributed by atoms with Gasteiger partial charge in [-0.05, 0) is 19.3 Å². The van der Waals surface area contributed by atoms with Crippen LogP contribution in [0.5, 0.6) is 0 Å². The summed E-state index contributed by atoms with van der Waals surface area (Å²) >= 11 is 0. The molecular formula is C7H16O5S. The van der Waals surface area contributed by atoms with Gasteiger partial charge < -0.3 is 9.84 Å². The summed E-state index contributed by atoms with van der Waals surface area (Å²) in [4.78, 5) is 0. The van der Waals surface area contributed by atoms with Gasteiger partial charge in [-0.25, -0.2) is 0 Å². The number of hydrogen-bond donors (Lipinski definition) is 2. The molecule has 0 aromatic carbocycles. The maximum atomic E-state index is 10.3. The van der Waals surface area contributed by atoms with Gasteiger partial charge in [-0.1, -0.05) is 0 Å². The van der Waals surface area contributed by atoms with E-state index in [1.54, 1.807) is 0 Å². The van der Waals surface area contributed by atoms with Crippen molar-refractivity contribution in [1.82, 2.24) is 0 Å². The van der Waals surface area contributed by atoms with E-state index in [0.717, 1.165) is 0 Å². The summed E-state index contributed by atoms with van der Waals surface area (Å²) in [5.41, 5.74) is 0. The molecule has 0 saturated carbocycles. The number of ether oxygens (including phenoxy) is 1. The second-order valence-electron chi connectivity index (χ2n) is 2.89. The Bertz CT molecular complexity index is 211. The number of aliphatic hydroxyl groups excluding tert-OH is 1. The van der Waals surface area contributed by atoms with Crippen molar-refractivity contribution in [3.63, 3.8) is 0 Å². The van der Waals surface area contributed by atoms with Crippen LogP contribution in [0.15, 0.2) is 0 Å². The summed E-state index contributed by atoms with van der Waals surface area (Å²) in [6, 6.07) is 0. The van der Waals surface area contributed by atoms with Gasteiger partial charge in [0.2, 0.25) is 0 Å². The number of methoxy groups -OCH3 is 1. The second kappa shape index (κ2) is 6.31. The van der Waals surface area contributed by atoms with E-state index >= 15 is 0 Å². The van der Waals surface area contributed by atoms with E-state index in [2.05, 4.69) is 4.74 Å². The maximum absolute atomic E-state index is 10.3. The van der Waals surface area contributed by atoms with E-state index in [4.69, 9.17) is 9.66 Å². The molecule has 0 rings (SSSR count). The lowest BCUT2D eigenvalue weighted by atomic mass is 10.2. The van der Waals surface area contributed by atoms with Crippen molar-refractivity contribution < 1.29 is 22.8 Å². The molecule has 6 heteroatoms. The SMILES string of the molecule is COCC(O)CCCCS(=O)(=O)O. The molecule has 0 fully saturated rings. The number of hydrogen-bond acceptors (Lipinski definition) is 4. The van der Waals surface area contributed by atoms with Crippen molar-refractivity contribution in [3.8, 4) is 0 Å². The molecule has 1 atom stereocenters. The van der Waals surface area contributed by atoms with Crippen molar-refractivity contribution in [1.29, 1.82) is 0 Å². The Labute approximate surface area is 78.5 Å². The molecule has 0 aromatic heterocycles. The summed E-state index contributed by atoms with van der Waals surface area (Å²) in [6.45, 7) is 0.256. The lowest BCUT2D eigenvalue weighted by molar-refractivity contribution is 0.0579. The Hall–Kier alpha value is -0.170. The standard InChI is InChI=1S/C7H16O5S/c1-12-6-7(8)4-2-3-5-13(9,10)11/h7-8H,2-6H2,1H3,(H,9,10,11). The van der Waals surface area contributed by atoms with Crippen LogP contribution in [0, 0.1) is 0 Å². The Kier molecular flexibility index (Phi) is 6.23. The van der Waals surface area contributed by atoms with Crippen molar-refractivity contribution >= 4 is 10.1 Å². The molecule has 0 aromatic rings. The highest BCUT2D eigenvalue weighted by molar-refractivity contribution is 7.85. The minimum Gasteiger partial charge on any atom is -0.391 e. The molecule has 0 amide bonds. The minimum absolute atomic E-state index is 0.243. The lowest BCUT2D eigenvalue weighted by Crippen LogP contribution is -2.14. The van der Waals surface area contributed by atoms with Gasteiger partial charge in [0, 0.05) is 7.11 Å². The topological polar surface area (TPSA) is 83.8 Å². The van der Waals surface area contributed by atoms with Gasteiger partial charge in [0.25, 0.3) is 10.1 Å². The van der Waals surface area contributed by atoms with Gasteiger partial charge in [0.15, 0.2) is 0 Å². The third-order valence-electron chi connectivity index (χ3n) is 1.55. The zero-order valence-electron chi connectivity index (χ0n) is 7.64. The Morgan fingerprint density at radius 3 is 2.46 bits per heavy atom. The normalized spacial score (nSPS) is 14.4. The highest BCUT2D eigenvalue weighted by Gasteiger charge is 2.06. The maximum Gasteiger partial charge on any atom is 0.264 e. The highest BCUT2D eigenvalue weighted by atomic mass is 32.2. The number of rotatable bonds is 7. The fourth-order valence-electron chi connectivity index (χ4n) is 0.940. The first-order valence-electron chi connectivity index (χ1n) is 4.08. The van der Waals surface area contributed by atoms with Crippen LogP contribution in [0.1, 0.15) is 19.3 Å². The van der Waals surface area contributed by atoms with Gasteiger partial charge in [-0.2, -0.15) is 8.42 Å². The van der Waals surface area contributed by atoms with Crippen LogP contribution >= 0.6 is 0 Å². The van der Waals surface area contributed by atoms with Crippen molar-refractivity contribution in [2.45, 2.75) is 25.4 Å². The van der Waals surface area contributed by atoms with Crippen LogP contribution in [0.25, 0.3) is 0 Å². The van der Waals surface area contributed by atoms with E-state index in [9.17, 15) is 8.42 Å². The van der Waals surface area contributed by atoms with E-state index in [0.29, 0.717) is 19.3 Å². The smallest absolute Gasteiger partial charge is 0.264 e. The third-order valence-corrected chi connectivity index (χ3v) is 2.35. The first-order chi connectivity index (χ1) is 5.95. The van der Waals surface area contributed by atoms with Crippen molar-refractivity contribution in [3.05, 3.63) is 0 Å². The molecule has 0 aliphatic carbocycles. The molecule has 80 valence electrons. The van der Waals surface area contributed by atoms with Crippen molar-refractivity contribution in [2.24, 2.45) is 0 Å². The monoisotopic (exact) mass is 212 g/mol. The first-order valence-corrected chi connectivity index (χ1v) is 5.69. The Balaban J connectivity index is 3.36. The molecule has 0 radical (unpaired) electrons. The average molecular weight is 212 g/mol. The molecule has 1 unspecified atom stereocenters. The molecule has 0 heterocycles. The fraction of sp³-hybridized carbons (Fsp3) is 1.00. The molecule has 0 aliphatic heterocycles. The molecule has 5 nitrogen and oxygen atoms in total. The summed E-state index contributed by atoms with van der Waals surface area (Å²) in [7, 11) is -2.36. The third kappa shape index (κ3) is 9.75. The predicted molar refractivity (Wildman–Crippen MR) is 48.1 cm³/mol. The summed E-state index contributed by atoms with van der Waals surface area (Å²) in [5.74, 6) is -0.243. The van der Waals surface area contributed by atoms with Crippen LogP contribution < -0.4 is 0 Å². The lowest BCUT2D eigenvalue weighted by Gasteiger charge is -2.07. The van der Waals surface area contributed by atoms with E-state index in [-0.39, 0.29) is 12.4 Å². The van der Waals surface area contributed by atoms with Gasteiger partial charge in [-0.15, -0.1) is 0 Å². The Morgan fingerprint density at radius 1 is 1.38 bits per heavy atom. The number of unbranched alkanes of at least 4 members (excludes halogenated alkanes) is 1. The summed E-state index contributed by atoms with van der Waals surface area (Å²) in [6.07, 6.45) is 0.860. The van der Waals surface area contributed by atoms with Crippen LogP contribution in [0.2, 0.25) is 0 Å². The van der Waals surface area contributed by atoms with Crippen LogP contribution in [0.3, 0.4) is 0 Å². The summed E-state index contributed by atoms with van der Waals surface area (Å²) < 4.78 is 33.6.